The van der Waals surface area contributed by atoms with E-state index in [-0.39, 0.29) is 37.5 Å². The van der Waals surface area contributed by atoms with Crippen LogP contribution in [0.3, 0.4) is 0 Å². The Morgan fingerprint density at radius 2 is 1.86 bits per heavy atom. The zero-order valence-corrected chi connectivity index (χ0v) is 20.9. The van der Waals surface area contributed by atoms with E-state index in [0.29, 0.717) is 18.8 Å². The van der Waals surface area contributed by atoms with Gasteiger partial charge in [0.1, 0.15) is 18.2 Å². The summed E-state index contributed by atoms with van der Waals surface area (Å²) < 4.78 is 32.8. The normalized spacial score (nSPS) is 15.0. The molecule has 3 aromatic rings. The van der Waals surface area contributed by atoms with Gasteiger partial charge in [-0.25, -0.2) is 13.6 Å². The van der Waals surface area contributed by atoms with Gasteiger partial charge in [0.05, 0.1) is 12.6 Å². The molecular formula is C27H29F2N3O3S. The summed E-state index contributed by atoms with van der Waals surface area (Å²) in [5.74, 6) is -1.06. The van der Waals surface area contributed by atoms with Gasteiger partial charge < -0.3 is 19.9 Å². The molecule has 0 radical (unpaired) electrons. The summed E-state index contributed by atoms with van der Waals surface area (Å²) in [7, 11) is 0. The standard InChI is InChI=1S/C27H29F2N3O3S/c1-19-11-13-36-25(19)17-31(15-20-7-9-21(28)10-8-20)26(33)18-32(16-24-6-3-12-35-24)27(34)30-23-5-2-4-22(29)14-23/h2,4-5,7-11,13-14,24H,3,6,12,15-18H2,1H3,(H,30,34). The molecule has 2 heterocycles. The zero-order valence-electron chi connectivity index (χ0n) is 20.1. The number of carbonyl (C=O) groups excluding carboxylic acids is 2. The lowest BCUT2D eigenvalue weighted by molar-refractivity contribution is -0.133. The van der Waals surface area contributed by atoms with Crippen LogP contribution < -0.4 is 5.32 Å². The molecule has 1 aliphatic rings. The van der Waals surface area contributed by atoms with Crippen molar-refractivity contribution in [3.8, 4) is 0 Å². The van der Waals surface area contributed by atoms with Crippen molar-refractivity contribution in [3.05, 3.63) is 87.6 Å². The summed E-state index contributed by atoms with van der Waals surface area (Å²) in [6.45, 7) is 3.32. The Morgan fingerprint density at radius 3 is 2.53 bits per heavy atom. The van der Waals surface area contributed by atoms with Gasteiger partial charge in [-0.2, -0.15) is 0 Å². The Hall–Kier alpha value is -3.30. The van der Waals surface area contributed by atoms with Crippen LogP contribution in [0.5, 0.6) is 0 Å². The lowest BCUT2D eigenvalue weighted by atomic mass is 10.2. The highest BCUT2D eigenvalue weighted by Gasteiger charge is 2.27. The lowest BCUT2D eigenvalue weighted by Gasteiger charge is -2.29. The maximum absolute atomic E-state index is 13.6. The van der Waals surface area contributed by atoms with E-state index in [4.69, 9.17) is 4.74 Å². The lowest BCUT2D eigenvalue weighted by Crippen LogP contribution is -2.46. The first-order valence-corrected chi connectivity index (χ1v) is 12.7. The smallest absolute Gasteiger partial charge is 0.322 e. The summed E-state index contributed by atoms with van der Waals surface area (Å²) in [6, 6.07) is 13.1. The fourth-order valence-corrected chi connectivity index (χ4v) is 4.99. The van der Waals surface area contributed by atoms with E-state index in [2.05, 4.69) is 5.32 Å². The SMILES string of the molecule is Cc1ccsc1CN(Cc1ccc(F)cc1)C(=O)CN(CC1CCCO1)C(=O)Nc1cccc(F)c1. The van der Waals surface area contributed by atoms with E-state index in [1.54, 1.807) is 34.4 Å². The van der Waals surface area contributed by atoms with Gasteiger partial charge in [0.15, 0.2) is 0 Å². The summed E-state index contributed by atoms with van der Waals surface area (Å²) in [4.78, 5) is 30.9. The van der Waals surface area contributed by atoms with Crippen LogP contribution >= 0.6 is 11.3 Å². The van der Waals surface area contributed by atoms with E-state index in [9.17, 15) is 18.4 Å². The number of benzene rings is 2. The van der Waals surface area contributed by atoms with Gasteiger partial charge in [0, 0.05) is 30.3 Å². The number of aryl methyl sites for hydroxylation is 1. The molecule has 36 heavy (non-hydrogen) atoms. The second kappa shape index (κ2) is 12.1. The number of hydrogen-bond acceptors (Lipinski definition) is 4. The largest absolute Gasteiger partial charge is 0.376 e. The number of urea groups is 1. The molecular weight excluding hydrogens is 484 g/mol. The maximum Gasteiger partial charge on any atom is 0.322 e. The van der Waals surface area contributed by atoms with Crippen LogP contribution in [0.2, 0.25) is 0 Å². The van der Waals surface area contributed by atoms with Gasteiger partial charge in [-0.15, -0.1) is 11.3 Å². The number of carbonyl (C=O) groups is 2. The third-order valence-corrected chi connectivity index (χ3v) is 7.09. The monoisotopic (exact) mass is 513 g/mol. The van der Waals surface area contributed by atoms with Crippen LogP contribution in [-0.4, -0.2) is 47.5 Å². The molecule has 1 aliphatic heterocycles. The van der Waals surface area contributed by atoms with E-state index >= 15 is 0 Å². The van der Waals surface area contributed by atoms with Crippen LogP contribution in [0.25, 0.3) is 0 Å². The number of anilines is 1. The maximum atomic E-state index is 13.6. The Morgan fingerprint density at radius 1 is 1.06 bits per heavy atom. The summed E-state index contributed by atoms with van der Waals surface area (Å²) in [5, 5.41) is 4.67. The van der Waals surface area contributed by atoms with Gasteiger partial charge in [0.25, 0.3) is 0 Å². The molecule has 9 heteroatoms. The van der Waals surface area contributed by atoms with Crippen LogP contribution in [0, 0.1) is 18.6 Å². The molecule has 1 unspecified atom stereocenters. The van der Waals surface area contributed by atoms with Gasteiger partial charge in [-0.3, -0.25) is 4.79 Å². The van der Waals surface area contributed by atoms with Crippen molar-refractivity contribution < 1.29 is 23.1 Å². The number of nitrogens with zero attached hydrogens (tertiary/aromatic N) is 2. The second-order valence-electron chi connectivity index (χ2n) is 8.86. The molecule has 1 aromatic heterocycles. The van der Waals surface area contributed by atoms with Crippen LogP contribution in [0.4, 0.5) is 19.3 Å². The van der Waals surface area contributed by atoms with Gasteiger partial charge in [-0.05, 0) is 72.7 Å². The molecule has 0 bridgehead atoms. The number of ether oxygens (including phenoxy) is 1. The molecule has 1 saturated heterocycles. The minimum Gasteiger partial charge on any atom is -0.376 e. The van der Waals surface area contributed by atoms with E-state index in [1.165, 1.54) is 35.2 Å². The molecule has 2 aromatic carbocycles. The number of nitrogens with one attached hydrogen (secondary N) is 1. The van der Waals surface area contributed by atoms with E-state index in [1.807, 2.05) is 18.4 Å². The fraction of sp³-hybridized carbons (Fsp3) is 0.333. The molecule has 190 valence electrons. The molecule has 6 nitrogen and oxygen atoms in total. The highest BCUT2D eigenvalue weighted by molar-refractivity contribution is 7.10. The van der Waals surface area contributed by atoms with Crippen molar-refractivity contribution in [2.75, 3.05) is 25.0 Å². The third kappa shape index (κ3) is 7.11. The van der Waals surface area contributed by atoms with Gasteiger partial charge in [-0.1, -0.05) is 18.2 Å². The highest BCUT2D eigenvalue weighted by Crippen LogP contribution is 2.21. The molecule has 4 rings (SSSR count). The van der Waals surface area contributed by atoms with Crippen molar-refractivity contribution in [1.82, 2.24) is 9.80 Å². The van der Waals surface area contributed by atoms with Crippen LogP contribution in [-0.2, 0) is 22.6 Å². The predicted octanol–water partition coefficient (Wildman–Crippen LogP) is 5.58. The molecule has 3 amide bonds. The molecule has 0 spiro atoms. The third-order valence-electron chi connectivity index (χ3n) is 6.08. The number of amides is 3. The van der Waals surface area contributed by atoms with Crippen molar-refractivity contribution >= 4 is 29.0 Å². The number of halogens is 2. The van der Waals surface area contributed by atoms with Crippen LogP contribution in [0.15, 0.2) is 60.0 Å². The van der Waals surface area contributed by atoms with Crippen molar-refractivity contribution in [3.63, 3.8) is 0 Å². The first-order chi connectivity index (χ1) is 17.4. The van der Waals surface area contributed by atoms with E-state index in [0.717, 1.165) is 28.8 Å². The second-order valence-corrected chi connectivity index (χ2v) is 9.86. The molecule has 0 aliphatic carbocycles. The van der Waals surface area contributed by atoms with Crippen molar-refractivity contribution in [2.24, 2.45) is 0 Å². The first-order valence-electron chi connectivity index (χ1n) is 11.9. The average molecular weight is 514 g/mol. The molecule has 1 fully saturated rings. The highest BCUT2D eigenvalue weighted by atomic mass is 32.1. The summed E-state index contributed by atoms with van der Waals surface area (Å²) in [5.41, 5.74) is 2.17. The van der Waals surface area contributed by atoms with Crippen molar-refractivity contribution in [2.45, 2.75) is 39.0 Å². The molecule has 0 saturated carbocycles. The Bertz CT molecular complexity index is 1180. The number of thiophene rings is 1. The van der Waals surface area contributed by atoms with Crippen molar-refractivity contribution in [1.29, 1.82) is 0 Å². The zero-order chi connectivity index (χ0) is 25.5. The van der Waals surface area contributed by atoms with E-state index < -0.39 is 11.8 Å². The van der Waals surface area contributed by atoms with Crippen LogP contribution in [0.1, 0.15) is 28.8 Å². The minimum absolute atomic E-state index is 0.166. The average Bonchev–Trinajstić information content (AvgIpc) is 3.51. The first kappa shape index (κ1) is 25.8. The predicted molar refractivity (Wildman–Crippen MR) is 136 cm³/mol. The Kier molecular flexibility index (Phi) is 8.66. The van der Waals surface area contributed by atoms with Gasteiger partial charge in [0.2, 0.25) is 5.91 Å². The summed E-state index contributed by atoms with van der Waals surface area (Å²) in [6.07, 6.45) is 1.53. The Balaban J connectivity index is 1.52. The Labute approximate surface area is 213 Å². The van der Waals surface area contributed by atoms with Gasteiger partial charge >= 0.3 is 6.03 Å². The number of hydrogen-bond donors (Lipinski definition) is 1. The topological polar surface area (TPSA) is 61.9 Å². The minimum atomic E-state index is -0.501. The molecule has 1 N–H and O–H groups in total. The number of rotatable bonds is 9. The quantitative estimate of drug-likeness (QED) is 0.407. The fourth-order valence-electron chi connectivity index (χ4n) is 4.07. The molecule has 1 atom stereocenters. The summed E-state index contributed by atoms with van der Waals surface area (Å²) >= 11 is 1.56.